The van der Waals surface area contributed by atoms with Crippen molar-refractivity contribution in [3.05, 3.63) is 0 Å². The highest BCUT2D eigenvalue weighted by molar-refractivity contribution is 5.88. The second kappa shape index (κ2) is 3.70. The number of hydrogen-bond acceptors (Lipinski definition) is 3. The summed E-state index contributed by atoms with van der Waals surface area (Å²) in [5.41, 5.74) is 0. The second-order valence-electron chi connectivity index (χ2n) is 3.75. The van der Waals surface area contributed by atoms with Gasteiger partial charge in [-0.15, -0.1) is 0 Å². The molecule has 1 heterocycles. The van der Waals surface area contributed by atoms with Gasteiger partial charge in [0.2, 0.25) is 0 Å². The fourth-order valence-corrected chi connectivity index (χ4v) is 1.59. The standard InChI is InChI=1S/C9H14O3/c1-6(2)3-7-4-8(10)12-9(11)5-7/h6-7H,3-5H2,1-2H3. The Morgan fingerprint density at radius 3 is 2.25 bits per heavy atom. The van der Waals surface area contributed by atoms with Crippen molar-refractivity contribution in [2.45, 2.75) is 33.1 Å². The quantitative estimate of drug-likeness (QED) is 0.466. The van der Waals surface area contributed by atoms with Crippen molar-refractivity contribution in [2.75, 3.05) is 0 Å². The summed E-state index contributed by atoms with van der Waals surface area (Å²) in [5, 5.41) is 0. The zero-order valence-electron chi connectivity index (χ0n) is 7.50. The number of esters is 2. The number of carbonyl (C=O) groups is 2. The lowest BCUT2D eigenvalue weighted by molar-refractivity contribution is -0.165. The summed E-state index contributed by atoms with van der Waals surface area (Å²) in [6.07, 6.45) is 1.74. The fraction of sp³-hybridized carbons (Fsp3) is 0.778. The minimum absolute atomic E-state index is 0.207. The largest absolute Gasteiger partial charge is 0.393 e. The van der Waals surface area contributed by atoms with Crippen LogP contribution in [0.4, 0.5) is 0 Å². The molecule has 3 heteroatoms. The van der Waals surface area contributed by atoms with Crippen molar-refractivity contribution in [2.24, 2.45) is 11.8 Å². The van der Waals surface area contributed by atoms with Gasteiger partial charge in [0.1, 0.15) is 0 Å². The van der Waals surface area contributed by atoms with E-state index >= 15 is 0 Å². The summed E-state index contributed by atoms with van der Waals surface area (Å²) < 4.78 is 4.42. The van der Waals surface area contributed by atoms with Crippen LogP contribution in [-0.4, -0.2) is 11.9 Å². The molecular weight excluding hydrogens is 156 g/mol. The first-order valence-electron chi connectivity index (χ1n) is 4.31. The lowest BCUT2D eigenvalue weighted by atomic mass is 9.90. The minimum atomic E-state index is -0.364. The van der Waals surface area contributed by atoms with Crippen molar-refractivity contribution in [3.63, 3.8) is 0 Å². The van der Waals surface area contributed by atoms with E-state index in [4.69, 9.17) is 0 Å². The smallest absolute Gasteiger partial charge is 0.313 e. The van der Waals surface area contributed by atoms with Crippen LogP contribution in [0.2, 0.25) is 0 Å². The van der Waals surface area contributed by atoms with Gasteiger partial charge in [-0.05, 0) is 18.3 Å². The number of rotatable bonds is 2. The Morgan fingerprint density at radius 1 is 1.33 bits per heavy atom. The van der Waals surface area contributed by atoms with Crippen LogP contribution in [0.1, 0.15) is 33.1 Å². The Labute approximate surface area is 72.1 Å². The number of ether oxygens (including phenoxy) is 1. The molecule has 3 nitrogen and oxygen atoms in total. The van der Waals surface area contributed by atoms with Gasteiger partial charge in [0.15, 0.2) is 0 Å². The fourth-order valence-electron chi connectivity index (χ4n) is 1.59. The van der Waals surface area contributed by atoms with Crippen LogP contribution in [-0.2, 0) is 14.3 Å². The number of carbonyl (C=O) groups excluding carboxylic acids is 2. The van der Waals surface area contributed by atoms with E-state index in [0.29, 0.717) is 18.8 Å². The van der Waals surface area contributed by atoms with E-state index in [-0.39, 0.29) is 17.9 Å². The molecule has 0 aliphatic carbocycles. The molecule has 1 fully saturated rings. The molecule has 0 aromatic carbocycles. The molecule has 0 N–H and O–H groups in total. The average Bonchev–Trinajstić information content (AvgIpc) is 1.81. The molecule has 0 amide bonds. The summed E-state index contributed by atoms with van der Waals surface area (Å²) in [6, 6.07) is 0. The summed E-state index contributed by atoms with van der Waals surface area (Å²) in [7, 11) is 0. The van der Waals surface area contributed by atoms with Crippen molar-refractivity contribution in [1.29, 1.82) is 0 Å². The van der Waals surface area contributed by atoms with Crippen LogP contribution < -0.4 is 0 Å². The summed E-state index contributed by atoms with van der Waals surface area (Å²) in [5.74, 6) is 0.0150. The predicted molar refractivity (Wildman–Crippen MR) is 43.3 cm³/mol. The minimum Gasteiger partial charge on any atom is -0.393 e. The molecular formula is C9H14O3. The van der Waals surface area contributed by atoms with E-state index in [1.54, 1.807) is 0 Å². The third-order valence-electron chi connectivity index (χ3n) is 1.94. The molecule has 0 atom stereocenters. The molecule has 0 saturated carbocycles. The average molecular weight is 170 g/mol. The Kier molecular flexibility index (Phi) is 2.84. The maximum atomic E-state index is 10.8. The van der Waals surface area contributed by atoms with Crippen molar-refractivity contribution >= 4 is 11.9 Å². The third-order valence-corrected chi connectivity index (χ3v) is 1.94. The Hall–Kier alpha value is -0.860. The van der Waals surface area contributed by atoms with E-state index < -0.39 is 0 Å². The van der Waals surface area contributed by atoms with Gasteiger partial charge in [0, 0.05) is 12.8 Å². The highest BCUT2D eigenvalue weighted by Gasteiger charge is 2.27. The third kappa shape index (κ3) is 2.64. The monoisotopic (exact) mass is 170 g/mol. The molecule has 0 aromatic heterocycles. The first kappa shape index (κ1) is 9.23. The van der Waals surface area contributed by atoms with Gasteiger partial charge in [-0.2, -0.15) is 0 Å². The number of cyclic esters (lactones) is 2. The van der Waals surface area contributed by atoms with Crippen LogP contribution in [0.5, 0.6) is 0 Å². The van der Waals surface area contributed by atoms with Crippen LogP contribution in [0, 0.1) is 11.8 Å². The van der Waals surface area contributed by atoms with Crippen LogP contribution >= 0.6 is 0 Å². The van der Waals surface area contributed by atoms with E-state index in [1.807, 2.05) is 0 Å². The van der Waals surface area contributed by atoms with Crippen molar-refractivity contribution < 1.29 is 14.3 Å². The van der Waals surface area contributed by atoms with E-state index in [2.05, 4.69) is 18.6 Å². The molecule has 68 valence electrons. The highest BCUT2D eigenvalue weighted by atomic mass is 16.6. The first-order valence-corrected chi connectivity index (χ1v) is 4.31. The zero-order chi connectivity index (χ0) is 9.14. The Bertz CT molecular complexity index is 180. The molecule has 0 unspecified atom stereocenters. The number of hydrogen-bond donors (Lipinski definition) is 0. The molecule has 0 aromatic rings. The maximum Gasteiger partial charge on any atom is 0.313 e. The van der Waals surface area contributed by atoms with E-state index in [0.717, 1.165) is 6.42 Å². The van der Waals surface area contributed by atoms with Gasteiger partial charge in [-0.1, -0.05) is 13.8 Å². The molecule has 1 rings (SSSR count). The van der Waals surface area contributed by atoms with Gasteiger partial charge in [-0.25, -0.2) is 0 Å². The summed E-state index contributed by atoms with van der Waals surface area (Å²) in [4.78, 5) is 21.6. The van der Waals surface area contributed by atoms with Gasteiger partial charge >= 0.3 is 11.9 Å². The van der Waals surface area contributed by atoms with Crippen LogP contribution in [0.3, 0.4) is 0 Å². The van der Waals surface area contributed by atoms with Gasteiger partial charge < -0.3 is 4.74 Å². The molecule has 1 saturated heterocycles. The lowest BCUT2D eigenvalue weighted by Crippen LogP contribution is -2.26. The van der Waals surface area contributed by atoms with Crippen molar-refractivity contribution in [3.8, 4) is 0 Å². The first-order chi connectivity index (χ1) is 5.58. The zero-order valence-corrected chi connectivity index (χ0v) is 7.50. The Balaban J connectivity index is 2.44. The summed E-state index contributed by atoms with van der Waals surface area (Å²) >= 11 is 0. The normalized spacial score (nSPS) is 19.9. The molecule has 0 radical (unpaired) electrons. The second-order valence-corrected chi connectivity index (χ2v) is 3.75. The predicted octanol–water partition coefficient (Wildman–Crippen LogP) is 1.51. The topological polar surface area (TPSA) is 43.4 Å². The summed E-state index contributed by atoms with van der Waals surface area (Å²) in [6.45, 7) is 4.18. The molecule has 12 heavy (non-hydrogen) atoms. The molecule has 0 bridgehead atoms. The maximum absolute atomic E-state index is 10.8. The van der Waals surface area contributed by atoms with E-state index in [1.165, 1.54) is 0 Å². The SMILES string of the molecule is CC(C)CC1CC(=O)OC(=O)C1. The van der Waals surface area contributed by atoms with Crippen molar-refractivity contribution in [1.82, 2.24) is 0 Å². The van der Waals surface area contributed by atoms with E-state index in [9.17, 15) is 9.59 Å². The lowest BCUT2D eigenvalue weighted by Gasteiger charge is -2.20. The molecule has 0 spiro atoms. The Morgan fingerprint density at radius 2 is 1.83 bits per heavy atom. The van der Waals surface area contributed by atoms with Gasteiger partial charge in [-0.3, -0.25) is 9.59 Å². The molecule has 1 aliphatic heterocycles. The highest BCUT2D eigenvalue weighted by Crippen LogP contribution is 2.23. The van der Waals surface area contributed by atoms with Gasteiger partial charge in [0.25, 0.3) is 0 Å². The van der Waals surface area contributed by atoms with Gasteiger partial charge in [0.05, 0.1) is 0 Å². The molecule has 1 aliphatic rings. The van der Waals surface area contributed by atoms with Crippen LogP contribution in [0.15, 0.2) is 0 Å². The van der Waals surface area contributed by atoms with Crippen LogP contribution in [0.25, 0.3) is 0 Å².